The number of rotatable bonds is 5. The van der Waals surface area contributed by atoms with Gasteiger partial charge in [-0.3, -0.25) is 9.63 Å². The van der Waals surface area contributed by atoms with Crippen molar-refractivity contribution in [3.05, 3.63) is 24.4 Å². The van der Waals surface area contributed by atoms with Crippen molar-refractivity contribution in [3.63, 3.8) is 0 Å². The Hall–Kier alpha value is -2.61. The minimum atomic E-state index is -0.476. The van der Waals surface area contributed by atoms with E-state index in [1.807, 2.05) is 19.1 Å². The van der Waals surface area contributed by atoms with Crippen molar-refractivity contribution >= 4 is 5.91 Å². The van der Waals surface area contributed by atoms with Crippen LogP contribution in [0.2, 0.25) is 0 Å². The minimum Gasteiger partial charge on any atom is -0.493 e. The van der Waals surface area contributed by atoms with Gasteiger partial charge in [-0.2, -0.15) is 0 Å². The first-order valence-electron chi connectivity index (χ1n) is 7.26. The third-order valence-corrected chi connectivity index (χ3v) is 3.72. The number of likely N-dealkylation sites (N-methyl/N-ethyl adjacent to an activating group) is 1. The average Bonchev–Trinajstić information content (AvgIpc) is 3.20. The molecule has 8 nitrogen and oxygen atoms in total. The van der Waals surface area contributed by atoms with Gasteiger partial charge in [-0.1, -0.05) is 5.21 Å². The lowest BCUT2D eigenvalue weighted by atomic mass is 10.1. The summed E-state index contributed by atoms with van der Waals surface area (Å²) < 4.78 is 12.0. The zero-order valence-corrected chi connectivity index (χ0v) is 13.2. The van der Waals surface area contributed by atoms with Gasteiger partial charge >= 0.3 is 0 Å². The first-order valence-corrected chi connectivity index (χ1v) is 7.26. The standard InChI is InChI=1S/C15H18N4O4/c1-4-19-15(20)12(9-23-19)18-8-11(16-17-18)10-5-6-13(21-2)14(7-10)22-3/h5-8,12H,4,9H2,1-3H3. The maximum Gasteiger partial charge on any atom is 0.273 e. The van der Waals surface area contributed by atoms with Crippen LogP contribution in [0, 0.1) is 0 Å². The van der Waals surface area contributed by atoms with Crippen LogP contribution in [0.1, 0.15) is 13.0 Å². The van der Waals surface area contributed by atoms with Crippen LogP contribution in [0.15, 0.2) is 24.4 Å². The van der Waals surface area contributed by atoms with E-state index < -0.39 is 6.04 Å². The predicted molar refractivity (Wildman–Crippen MR) is 80.9 cm³/mol. The molecular formula is C15H18N4O4. The lowest BCUT2D eigenvalue weighted by Gasteiger charge is -2.10. The van der Waals surface area contributed by atoms with Gasteiger partial charge in [0, 0.05) is 12.1 Å². The number of amides is 1. The van der Waals surface area contributed by atoms with Crippen LogP contribution in [-0.4, -0.2) is 53.3 Å². The largest absolute Gasteiger partial charge is 0.493 e. The quantitative estimate of drug-likeness (QED) is 0.827. The summed E-state index contributed by atoms with van der Waals surface area (Å²) in [6.45, 7) is 2.63. The number of ether oxygens (including phenoxy) is 2. The van der Waals surface area contributed by atoms with Gasteiger partial charge < -0.3 is 9.47 Å². The Kier molecular flexibility index (Phi) is 4.16. The summed E-state index contributed by atoms with van der Waals surface area (Å²) in [6, 6.07) is 5.01. The van der Waals surface area contributed by atoms with E-state index in [2.05, 4.69) is 10.3 Å². The number of hydrogen-bond acceptors (Lipinski definition) is 6. The van der Waals surface area contributed by atoms with Gasteiger partial charge in [-0.05, 0) is 25.1 Å². The van der Waals surface area contributed by atoms with Crippen LogP contribution in [0.5, 0.6) is 11.5 Å². The highest BCUT2D eigenvalue weighted by Gasteiger charge is 2.34. The third kappa shape index (κ3) is 2.72. The van der Waals surface area contributed by atoms with E-state index in [1.165, 1.54) is 9.75 Å². The number of hydroxylamine groups is 2. The van der Waals surface area contributed by atoms with Crippen molar-refractivity contribution in [3.8, 4) is 22.8 Å². The lowest BCUT2D eigenvalue weighted by molar-refractivity contribution is -0.160. The molecule has 0 radical (unpaired) electrons. The molecule has 1 aliphatic rings. The van der Waals surface area contributed by atoms with Gasteiger partial charge in [0.2, 0.25) is 0 Å². The fourth-order valence-corrected chi connectivity index (χ4v) is 2.46. The van der Waals surface area contributed by atoms with E-state index in [1.54, 1.807) is 26.5 Å². The van der Waals surface area contributed by atoms with E-state index in [0.717, 1.165) is 5.56 Å². The van der Waals surface area contributed by atoms with E-state index in [4.69, 9.17) is 14.3 Å². The number of nitrogens with zero attached hydrogens (tertiary/aromatic N) is 4. The topological polar surface area (TPSA) is 78.7 Å². The van der Waals surface area contributed by atoms with Gasteiger partial charge in [0.25, 0.3) is 5.91 Å². The van der Waals surface area contributed by atoms with Gasteiger partial charge in [-0.15, -0.1) is 5.10 Å². The Morgan fingerprint density at radius 3 is 2.74 bits per heavy atom. The molecule has 1 unspecified atom stereocenters. The van der Waals surface area contributed by atoms with Crippen molar-refractivity contribution in [2.75, 3.05) is 27.4 Å². The molecule has 0 aliphatic carbocycles. The van der Waals surface area contributed by atoms with Gasteiger partial charge in [0.1, 0.15) is 12.3 Å². The zero-order chi connectivity index (χ0) is 16.4. The fourth-order valence-electron chi connectivity index (χ4n) is 2.46. The molecule has 23 heavy (non-hydrogen) atoms. The normalized spacial score (nSPS) is 17.6. The monoisotopic (exact) mass is 318 g/mol. The summed E-state index contributed by atoms with van der Waals surface area (Å²) in [6.07, 6.45) is 1.73. The Morgan fingerprint density at radius 2 is 2.09 bits per heavy atom. The molecule has 0 spiro atoms. The fraction of sp³-hybridized carbons (Fsp3) is 0.400. The number of carbonyl (C=O) groups excluding carboxylic acids is 1. The third-order valence-electron chi connectivity index (χ3n) is 3.72. The molecular weight excluding hydrogens is 300 g/mol. The zero-order valence-electron chi connectivity index (χ0n) is 13.2. The lowest BCUT2D eigenvalue weighted by Crippen LogP contribution is -2.27. The first-order chi connectivity index (χ1) is 11.2. The summed E-state index contributed by atoms with van der Waals surface area (Å²) in [7, 11) is 3.16. The van der Waals surface area contributed by atoms with E-state index in [0.29, 0.717) is 23.7 Å². The van der Waals surface area contributed by atoms with Crippen LogP contribution >= 0.6 is 0 Å². The van der Waals surface area contributed by atoms with Crippen LogP contribution in [0.3, 0.4) is 0 Å². The second-order valence-electron chi connectivity index (χ2n) is 5.00. The summed E-state index contributed by atoms with van der Waals surface area (Å²) in [4.78, 5) is 17.5. The van der Waals surface area contributed by atoms with E-state index >= 15 is 0 Å². The first kappa shape index (κ1) is 15.3. The van der Waals surface area contributed by atoms with Crippen molar-refractivity contribution in [2.45, 2.75) is 13.0 Å². The number of carbonyl (C=O) groups is 1. The Balaban J connectivity index is 1.86. The van der Waals surface area contributed by atoms with Crippen LogP contribution < -0.4 is 9.47 Å². The maximum atomic E-state index is 12.1. The molecule has 2 aromatic rings. The Labute approximate surface area is 133 Å². The van der Waals surface area contributed by atoms with Crippen molar-refractivity contribution in [2.24, 2.45) is 0 Å². The predicted octanol–water partition coefficient (Wildman–Crippen LogP) is 1.30. The molecule has 1 fully saturated rings. The smallest absolute Gasteiger partial charge is 0.273 e. The number of methoxy groups -OCH3 is 2. The Morgan fingerprint density at radius 1 is 1.30 bits per heavy atom. The SMILES string of the molecule is CCN1OCC(n2cc(-c3ccc(OC)c(OC)c3)nn2)C1=O. The number of aromatic nitrogens is 3. The molecule has 0 N–H and O–H groups in total. The molecule has 1 aliphatic heterocycles. The Bertz CT molecular complexity index is 715. The van der Waals surface area contributed by atoms with Crippen molar-refractivity contribution < 1.29 is 19.1 Å². The van der Waals surface area contributed by atoms with Crippen LogP contribution in [0.25, 0.3) is 11.3 Å². The molecule has 1 amide bonds. The molecule has 1 aromatic carbocycles. The maximum absolute atomic E-state index is 12.1. The highest BCUT2D eigenvalue weighted by Crippen LogP contribution is 2.31. The second kappa shape index (κ2) is 6.25. The van der Waals surface area contributed by atoms with Crippen molar-refractivity contribution in [1.82, 2.24) is 20.1 Å². The van der Waals surface area contributed by atoms with E-state index in [9.17, 15) is 4.79 Å². The van der Waals surface area contributed by atoms with E-state index in [-0.39, 0.29) is 12.5 Å². The van der Waals surface area contributed by atoms with Gasteiger partial charge in [-0.25, -0.2) is 9.75 Å². The highest BCUT2D eigenvalue weighted by molar-refractivity contribution is 5.81. The molecule has 1 atom stereocenters. The summed E-state index contributed by atoms with van der Waals surface area (Å²) >= 11 is 0. The molecule has 0 saturated carbocycles. The molecule has 0 bridgehead atoms. The van der Waals surface area contributed by atoms with Crippen molar-refractivity contribution in [1.29, 1.82) is 0 Å². The summed E-state index contributed by atoms with van der Waals surface area (Å²) in [5.41, 5.74) is 1.47. The number of benzene rings is 1. The van der Waals surface area contributed by atoms with Crippen LogP contribution in [-0.2, 0) is 9.63 Å². The average molecular weight is 318 g/mol. The summed E-state index contributed by atoms with van der Waals surface area (Å²) in [5.74, 6) is 1.13. The van der Waals surface area contributed by atoms with Gasteiger partial charge in [0.05, 0.1) is 20.4 Å². The van der Waals surface area contributed by atoms with Gasteiger partial charge in [0.15, 0.2) is 17.5 Å². The summed E-state index contributed by atoms with van der Waals surface area (Å²) in [5, 5.41) is 9.53. The molecule has 3 rings (SSSR count). The molecule has 8 heteroatoms. The molecule has 2 heterocycles. The number of hydrogen-bond donors (Lipinski definition) is 0. The highest BCUT2D eigenvalue weighted by atomic mass is 16.7. The minimum absolute atomic E-state index is 0.115. The molecule has 122 valence electrons. The molecule has 1 aromatic heterocycles. The molecule has 1 saturated heterocycles. The van der Waals surface area contributed by atoms with Crippen LogP contribution in [0.4, 0.5) is 0 Å². The second-order valence-corrected chi connectivity index (χ2v) is 5.00.